The molecule has 0 aliphatic carbocycles. The summed E-state index contributed by atoms with van der Waals surface area (Å²) < 4.78 is 23.9. The summed E-state index contributed by atoms with van der Waals surface area (Å²) in [5.74, 6) is -0.213. The van der Waals surface area contributed by atoms with Crippen molar-refractivity contribution in [2.24, 2.45) is 0 Å². The molecule has 24 heavy (non-hydrogen) atoms. The maximum Gasteiger partial charge on any atom is 0.270 e. The number of fused-ring (bicyclic) bond motifs is 1. The number of non-ortho nitro benzene ring substituents is 1. The lowest BCUT2D eigenvalue weighted by atomic mass is 10.2. The third-order valence-corrected chi connectivity index (χ3v) is 4.08. The normalized spacial score (nSPS) is 12.7. The van der Waals surface area contributed by atoms with Crippen LogP contribution in [0.3, 0.4) is 0 Å². The van der Waals surface area contributed by atoms with Gasteiger partial charge in [0.1, 0.15) is 0 Å². The van der Waals surface area contributed by atoms with Gasteiger partial charge in [-0.1, -0.05) is 36.4 Å². The summed E-state index contributed by atoms with van der Waals surface area (Å²) in [4.78, 5) is 10.4. The number of nitro groups is 1. The molecule has 3 aromatic rings. The van der Waals surface area contributed by atoms with E-state index >= 15 is 0 Å². The van der Waals surface area contributed by atoms with Crippen LogP contribution in [0.25, 0.3) is 23.1 Å². The summed E-state index contributed by atoms with van der Waals surface area (Å²) in [5, 5.41) is 11.5. The quantitative estimate of drug-likeness (QED) is 0.403. The Bertz CT molecular complexity index is 948. The SMILES string of the molecule is O=[N+]([O-])c1ccc2c(c1)cc(C=Cc1ccccc1)n2CS(=O)[O-]. The maximum atomic E-state index is 11.2. The maximum absolute atomic E-state index is 11.2. The van der Waals surface area contributed by atoms with Gasteiger partial charge in [0.15, 0.2) is 0 Å². The minimum absolute atomic E-state index is 0.0264. The van der Waals surface area contributed by atoms with Gasteiger partial charge < -0.3 is 9.12 Å². The van der Waals surface area contributed by atoms with E-state index in [1.807, 2.05) is 36.4 Å². The molecule has 122 valence electrons. The van der Waals surface area contributed by atoms with Crippen molar-refractivity contribution in [1.29, 1.82) is 0 Å². The van der Waals surface area contributed by atoms with E-state index in [1.54, 1.807) is 22.8 Å². The number of hydrogen-bond donors (Lipinski definition) is 0. The summed E-state index contributed by atoms with van der Waals surface area (Å²) in [6.45, 7) is 0. The Labute approximate surface area is 140 Å². The zero-order valence-electron chi connectivity index (χ0n) is 12.5. The molecular formula is C17H13N2O4S-. The highest BCUT2D eigenvalue weighted by Gasteiger charge is 2.12. The van der Waals surface area contributed by atoms with E-state index in [4.69, 9.17) is 0 Å². The standard InChI is InChI=1S/C17H14N2O4S/c20-19(21)16-8-9-17-14(11-16)10-15(18(17)12-24(22)23)7-6-13-4-2-1-3-5-13/h1-11H,12H2,(H,22,23)/p-1. The second-order valence-electron chi connectivity index (χ2n) is 5.17. The Kier molecular flexibility index (Phi) is 4.54. The van der Waals surface area contributed by atoms with Gasteiger partial charge in [-0.2, -0.15) is 0 Å². The van der Waals surface area contributed by atoms with E-state index in [2.05, 4.69) is 0 Å². The van der Waals surface area contributed by atoms with Crippen LogP contribution in [0.5, 0.6) is 0 Å². The lowest BCUT2D eigenvalue weighted by Crippen LogP contribution is -2.05. The molecule has 0 fully saturated rings. The number of nitrogens with zero attached hydrogens (tertiary/aromatic N) is 2. The Hall–Kier alpha value is -2.77. The molecule has 2 aromatic carbocycles. The van der Waals surface area contributed by atoms with E-state index in [1.165, 1.54) is 12.1 Å². The van der Waals surface area contributed by atoms with Crippen LogP contribution in [0.4, 0.5) is 5.69 Å². The lowest BCUT2D eigenvalue weighted by Gasteiger charge is -2.10. The molecule has 0 radical (unpaired) electrons. The van der Waals surface area contributed by atoms with Crippen LogP contribution in [0.2, 0.25) is 0 Å². The predicted molar refractivity (Wildman–Crippen MR) is 92.9 cm³/mol. The van der Waals surface area contributed by atoms with Gasteiger partial charge in [0, 0.05) is 28.7 Å². The monoisotopic (exact) mass is 341 g/mol. The van der Waals surface area contributed by atoms with Crippen LogP contribution < -0.4 is 0 Å². The molecule has 6 nitrogen and oxygen atoms in total. The smallest absolute Gasteiger partial charge is 0.270 e. The molecule has 0 aliphatic rings. The van der Waals surface area contributed by atoms with E-state index < -0.39 is 16.0 Å². The van der Waals surface area contributed by atoms with Crippen molar-refractivity contribution < 1.29 is 13.7 Å². The van der Waals surface area contributed by atoms with Crippen LogP contribution >= 0.6 is 0 Å². The minimum atomic E-state index is -2.28. The first-order chi connectivity index (χ1) is 11.5. The van der Waals surface area contributed by atoms with Gasteiger partial charge in [0.25, 0.3) is 5.69 Å². The number of rotatable bonds is 5. The lowest BCUT2D eigenvalue weighted by molar-refractivity contribution is -0.384. The van der Waals surface area contributed by atoms with E-state index in [0.717, 1.165) is 5.56 Å². The van der Waals surface area contributed by atoms with Gasteiger partial charge >= 0.3 is 0 Å². The molecule has 0 aliphatic heterocycles. The molecule has 7 heteroatoms. The third-order valence-electron chi connectivity index (χ3n) is 3.61. The van der Waals surface area contributed by atoms with Crippen molar-refractivity contribution >= 4 is 39.8 Å². The Balaban J connectivity index is 2.09. The highest BCUT2D eigenvalue weighted by Crippen LogP contribution is 2.26. The highest BCUT2D eigenvalue weighted by molar-refractivity contribution is 7.78. The highest BCUT2D eigenvalue weighted by atomic mass is 32.2. The second kappa shape index (κ2) is 6.77. The van der Waals surface area contributed by atoms with Gasteiger partial charge in [-0.15, -0.1) is 0 Å². The van der Waals surface area contributed by atoms with Crippen molar-refractivity contribution in [2.75, 3.05) is 0 Å². The number of hydrogen-bond acceptors (Lipinski definition) is 4. The first-order valence-electron chi connectivity index (χ1n) is 7.11. The zero-order chi connectivity index (χ0) is 17.1. The van der Waals surface area contributed by atoms with Gasteiger partial charge in [0.05, 0.1) is 10.8 Å². The summed E-state index contributed by atoms with van der Waals surface area (Å²) in [6.07, 6.45) is 3.67. The van der Waals surface area contributed by atoms with Crippen LogP contribution in [0.1, 0.15) is 11.3 Å². The first-order valence-corrected chi connectivity index (χ1v) is 8.35. The summed E-state index contributed by atoms with van der Waals surface area (Å²) in [5.41, 5.74) is 2.25. The first kappa shape index (κ1) is 16.1. The molecular weight excluding hydrogens is 328 g/mol. The molecule has 0 saturated heterocycles. The number of nitro benzene ring substituents is 1. The molecule has 1 heterocycles. The average Bonchev–Trinajstić information content (AvgIpc) is 2.90. The number of aromatic nitrogens is 1. The van der Waals surface area contributed by atoms with Crippen molar-refractivity contribution in [3.05, 3.63) is 76.0 Å². The fourth-order valence-electron chi connectivity index (χ4n) is 2.53. The van der Waals surface area contributed by atoms with Gasteiger partial charge in [-0.25, -0.2) is 0 Å². The van der Waals surface area contributed by atoms with Crippen LogP contribution in [0.15, 0.2) is 54.6 Å². The van der Waals surface area contributed by atoms with E-state index in [-0.39, 0.29) is 11.6 Å². The van der Waals surface area contributed by atoms with E-state index in [9.17, 15) is 18.9 Å². The van der Waals surface area contributed by atoms with Crippen molar-refractivity contribution in [1.82, 2.24) is 4.57 Å². The molecule has 0 bridgehead atoms. The minimum Gasteiger partial charge on any atom is -0.771 e. The molecule has 1 atom stereocenters. The fourth-order valence-corrected chi connectivity index (χ4v) is 3.03. The predicted octanol–water partition coefficient (Wildman–Crippen LogP) is 3.56. The molecule has 0 amide bonds. The summed E-state index contributed by atoms with van der Waals surface area (Å²) in [6, 6.07) is 15.7. The molecule has 0 saturated carbocycles. The van der Waals surface area contributed by atoms with Gasteiger partial charge in [-0.05, 0) is 34.9 Å². The van der Waals surface area contributed by atoms with Crippen LogP contribution in [0, 0.1) is 10.1 Å². The summed E-state index contributed by atoms with van der Waals surface area (Å²) in [7, 11) is 0. The largest absolute Gasteiger partial charge is 0.771 e. The molecule has 1 unspecified atom stereocenters. The Morgan fingerprint density at radius 2 is 1.83 bits per heavy atom. The van der Waals surface area contributed by atoms with Crippen molar-refractivity contribution in [3.63, 3.8) is 0 Å². The van der Waals surface area contributed by atoms with Crippen LogP contribution in [-0.2, 0) is 17.0 Å². The topological polar surface area (TPSA) is 88.2 Å². The van der Waals surface area contributed by atoms with Crippen molar-refractivity contribution in [3.8, 4) is 0 Å². The Morgan fingerprint density at radius 3 is 2.50 bits per heavy atom. The molecule has 0 N–H and O–H groups in total. The molecule has 3 rings (SSSR count). The zero-order valence-corrected chi connectivity index (χ0v) is 13.3. The Morgan fingerprint density at radius 1 is 1.08 bits per heavy atom. The number of benzene rings is 2. The van der Waals surface area contributed by atoms with Gasteiger partial charge in [0.2, 0.25) is 0 Å². The van der Waals surface area contributed by atoms with Crippen molar-refractivity contribution in [2.45, 2.75) is 5.88 Å². The average molecular weight is 341 g/mol. The second-order valence-corrected chi connectivity index (χ2v) is 6.04. The van der Waals surface area contributed by atoms with Gasteiger partial charge in [-0.3, -0.25) is 14.3 Å². The summed E-state index contributed by atoms with van der Waals surface area (Å²) >= 11 is -2.28. The molecule has 0 spiro atoms. The molecule has 1 aromatic heterocycles. The fraction of sp³-hybridized carbons (Fsp3) is 0.0588. The van der Waals surface area contributed by atoms with E-state index in [0.29, 0.717) is 16.6 Å². The third kappa shape index (κ3) is 3.42. The van der Waals surface area contributed by atoms with Crippen LogP contribution in [-0.4, -0.2) is 18.3 Å².